The number of aliphatic hydroxyl groups is 1. The number of hydrogen-bond acceptors (Lipinski definition) is 7. The van der Waals surface area contributed by atoms with Gasteiger partial charge in [-0.15, -0.1) is 0 Å². The van der Waals surface area contributed by atoms with Crippen LogP contribution in [0.5, 0.6) is 0 Å². The lowest BCUT2D eigenvalue weighted by molar-refractivity contribution is 0.163. The van der Waals surface area contributed by atoms with Gasteiger partial charge in [0, 0.05) is 69.9 Å². The van der Waals surface area contributed by atoms with E-state index in [0.29, 0.717) is 0 Å². The molecule has 0 bridgehead atoms. The Morgan fingerprint density at radius 1 is 1.26 bits per heavy atom. The number of rotatable bonds is 10. The summed E-state index contributed by atoms with van der Waals surface area (Å²) in [4.78, 5) is 16.0. The van der Waals surface area contributed by atoms with E-state index < -0.39 is 0 Å². The van der Waals surface area contributed by atoms with Crippen LogP contribution in [0.3, 0.4) is 0 Å². The number of aryl methyl sites for hydroxylation is 1. The largest absolute Gasteiger partial charge is 0.396 e. The Hall–Kier alpha value is -2.69. The van der Waals surface area contributed by atoms with Crippen LogP contribution in [0.1, 0.15) is 52.9 Å². The Morgan fingerprint density at radius 3 is 2.51 bits per heavy atom. The molecule has 0 aliphatic carbocycles. The van der Waals surface area contributed by atoms with E-state index in [0.717, 1.165) is 57.2 Å². The van der Waals surface area contributed by atoms with Crippen molar-refractivity contribution in [2.24, 2.45) is 11.3 Å². The van der Waals surface area contributed by atoms with Gasteiger partial charge in [-0.2, -0.15) is 5.26 Å². The minimum atomic E-state index is 0.105. The van der Waals surface area contributed by atoms with E-state index in [2.05, 4.69) is 89.7 Å². The van der Waals surface area contributed by atoms with Crippen molar-refractivity contribution < 1.29 is 5.11 Å². The molecule has 0 spiro atoms. The fraction of sp³-hybridized carbons (Fsp3) is 0.607. The molecule has 192 valence electrons. The lowest BCUT2D eigenvalue weighted by Gasteiger charge is -2.39. The fourth-order valence-corrected chi connectivity index (χ4v) is 4.21. The third-order valence-corrected chi connectivity index (χ3v) is 6.10. The summed E-state index contributed by atoms with van der Waals surface area (Å²) in [5, 5.41) is 18.6. The van der Waals surface area contributed by atoms with E-state index in [1.54, 1.807) is 6.20 Å². The zero-order valence-electron chi connectivity index (χ0n) is 22.8. The van der Waals surface area contributed by atoms with Crippen LogP contribution in [-0.2, 0) is 0 Å². The molecule has 1 aromatic heterocycles. The standard InChI is InChI=1S/C28H44N6O/c1-8-9-25(23(3)11-10-22(2)20-35)33-15-12-32(13-16-33)14-17-34(21-28(5,6)7)27-24(4)19-30-26(18-29)31-27/h8-11,19,22,35H,12-17,20-21H2,1-7H3/b9-8-,11-10+,25-23+. The number of anilines is 1. The minimum absolute atomic E-state index is 0.105. The molecule has 1 unspecified atom stereocenters. The first-order valence-electron chi connectivity index (χ1n) is 12.7. The molecule has 2 heterocycles. The quantitative estimate of drug-likeness (QED) is 0.504. The van der Waals surface area contributed by atoms with Crippen molar-refractivity contribution in [3.05, 3.63) is 53.2 Å². The highest BCUT2D eigenvalue weighted by atomic mass is 16.3. The molecule has 0 radical (unpaired) electrons. The summed E-state index contributed by atoms with van der Waals surface area (Å²) in [7, 11) is 0. The van der Waals surface area contributed by atoms with E-state index in [9.17, 15) is 10.4 Å². The van der Waals surface area contributed by atoms with Crippen LogP contribution in [0.2, 0.25) is 0 Å². The Bertz CT molecular complexity index is 945. The van der Waals surface area contributed by atoms with Gasteiger partial charge in [-0.05, 0) is 43.8 Å². The molecule has 1 aliphatic heterocycles. The van der Waals surface area contributed by atoms with Gasteiger partial charge in [0.1, 0.15) is 11.9 Å². The van der Waals surface area contributed by atoms with Gasteiger partial charge in [0.2, 0.25) is 5.82 Å². The Labute approximate surface area is 212 Å². The SMILES string of the molecule is C\C=C/C(=C(C)\C=C\C(C)CO)N1CCN(CCN(CC(C)(C)C)c2nc(C#N)ncc2C)CC1. The van der Waals surface area contributed by atoms with E-state index in [4.69, 9.17) is 0 Å². The van der Waals surface area contributed by atoms with Gasteiger partial charge >= 0.3 is 0 Å². The van der Waals surface area contributed by atoms with Crippen molar-refractivity contribution in [2.75, 3.05) is 57.3 Å². The highest BCUT2D eigenvalue weighted by molar-refractivity contribution is 5.46. The first-order chi connectivity index (χ1) is 16.6. The molecule has 1 fully saturated rings. The van der Waals surface area contributed by atoms with E-state index in [1.165, 1.54) is 11.3 Å². The first kappa shape index (κ1) is 28.5. The molecule has 0 amide bonds. The number of aromatic nitrogens is 2. The molecule has 0 aromatic carbocycles. The monoisotopic (exact) mass is 480 g/mol. The van der Waals surface area contributed by atoms with Gasteiger partial charge in [-0.3, -0.25) is 4.90 Å². The third kappa shape index (κ3) is 9.12. The van der Waals surface area contributed by atoms with Crippen LogP contribution in [0.15, 0.2) is 41.8 Å². The van der Waals surface area contributed by atoms with Crippen molar-refractivity contribution in [1.82, 2.24) is 19.8 Å². The highest BCUT2D eigenvalue weighted by Gasteiger charge is 2.23. The summed E-state index contributed by atoms with van der Waals surface area (Å²) in [6, 6.07) is 2.08. The summed E-state index contributed by atoms with van der Waals surface area (Å²) in [6.07, 6.45) is 10.2. The molecule has 1 aromatic rings. The molecule has 1 N–H and O–H groups in total. The Balaban J connectivity index is 2.07. The molecule has 7 heteroatoms. The third-order valence-electron chi connectivity index (χ3n) is 6.10. The predicted molar refractivity (Wildman–Crippen MR) is 144 cm³/mol. The summed E-state index contributed by atoms with van der Waals surface area (Å²) in [5.74, 6) is 1.25. The lowest BCUT2D eigenvalue weighted by Crippen LogP contribution is -2.48. The van der Waals surface area contributed by atoms with Gasteiger partial charge < -0.3 is 14.9 Å². The predicted octanol–water partition coefficient (Wildman–Crippen LogP) is 4.16. The molecular formula is C28H44N6O. The van der Waals surface area contributed by atoms with Crippen LogP contribution in [0, 0.1) is 29.6 Å². The van der Waals surface area contributed by atoms with Crippen LogP contribution in [0.25, 0.3) is 0 Å². The number of nitriles is 1. The van der Waals surface area contributed by atoms with E-state index >= 15 is 0 Å². The molecule has 7 nitrogen and oxygen atoms in total. The van der Waals surface area contributed by atoms with Gasteiger partial charge in [0.25, 0.3) is 0 Å². The van der Waals surface area contributed by atoms with E-state index in [1.807, 2.05) is 13.8 Å². The molecule has 2 rings (SSSR count). The van der Waals surface area contributed by atoms with Crippen molar-refractivity contribution in [3.63, 3.8) is 0 Å². The second-order valence-corrected chi connectivity index (χ2v) is 10.7. The number of hydrogen-bond donors (Lipinski definition) is 1. The minimum Gasteiger partial charge on any atom is -0.396 e. The molecular weight excluding hydrogens is 436 g/mol. The zero-order valence-corrected chi connectivity index (χ0v) is 22.8. The Morgan fingerprint density at radius 2 is 1.94 bits per heavy atom. The van der Waals surface area contributed by atoms with Crippen LogP contribution < -0.4 is 4.90 Å². The van der Waals surface area contributed by atoms with Gasteiger partial charge in [0.15, 0.2) is 0 Å². The molecule has 35 heavy (non-hydrogen) atoms. The smallest absolute Gasteiger partial charge is 0.234 e. The van der Waals surface area contributed by atoms with Gasteiger partial charge in [-0.1, -0.05) is 45.9 Å². The topological polar surface area (TPSA) is 79.5 Å². The summed E-state index contributed by atoms with van der Waals surface area (Å²) >= 11 is 0. The number of piperazine rings is 1. The van der Waals surface area contributed by atoms with Crippen molar-refractivity contribution >= 4 is 5.82 Å². The molecule has 1 atom stereocenters. The average molecular weight is 481 g/mol. The lowest BCUT2D eigenvalue weighted by atomic mass is 9.96. The molecule has 1 saturated heterocycles. The fourth-order valence-electron chi connectivity index (χ4n) is 4.21. The van der Waals surface area contributed by atoms with Gasteiger partial charge in [-0.25, -0.2) is 9.97 Å². The number of nitrogens with zero attached hydrogens (tertiary/aromatic N) is 6. The molecule has 0 saturated carbocycles. The van der Waals surface area contributed by atoms with Crippen molar-refractivity contribution in [2.45, 2.75) is 48.5 Å². The second-order valence-electron chi connectivity index (χ2n) is 10.7. The van der Waals surface area contributed by atoms with Crippen molar-refractivity contribution in [3.8, 4) is 6.07 Å². The van der Waals surface area contributed by atoms with Crippen molar-refractivity contribution in [1.29, 1.82) is 5.26 Å². The maximum Gasteiger partial charge on any atom is 0.234 e. The zero-order chi connectivity index (χ0) is 26.0. The first-order valence-corrected chi connectivity index (χ1v) is 12.7. The van der Waals surface area contributed by atoms with Gasteiger partial charge in [0.05, 0.1) is 0 Å². The van der Waals surface area contributed by atoms with Crippen LogP contribution in [0.4, 0.5) is 5.82 Å². The summed E-state index contributed by atoms with van der Waals surface area (Å²) in [6.45, 7) is 21.7. The molecule has 1 aliphatic rings. The van der Waals surface area contributed by atoms with Crippen LogP contribution in [-0.4, -0.2) is 77.3 Å². The number of aliphatic hydroxyl groups excluding tert-OH is 1. The maximum absolute atomic E-state index is 9.31. The number of allylic oxidation sites excluding steroid dienone is 4. The van der Waals surface area contributed by atoms with E-state index in [-0.39, 0.29) is 23.8 Å². The average Bonchev–Trinajstić information content (AvgIpc) is 2.83. The summed E-state index contributed by atoms with van der Waals surface area (Å²) in [5.41, 5.74) is 3.58. The second kappa shape index (κ2) is 13.4. The Kier molecular flexibility index (Phi) is 10.9. The highest BCUT2D eigenvalue weighted by Crippen LogP contribution is 2.23. The normalized spacial score (nSPS) is 17.1. The maximum atomic E-state index is 9.31. The van der Waals surface area contributed by atoms with Crippen LogP contribution >= 0.6 is 0 Å². The summed E-state index contributed by atoms with van der Waals surface area (Å²) < 4.78 is 0.